The van der Waals surface area contributed by atoms with Crippen molar-refractivity contribution in [3.8, 4) is 17.0 Å². The Hall–Kier alpha value is -5.19. The van der Waals surface area contributed by atoms with Crippen LogP contribution in [0.25, 0.3) is 11.3 Å². The van der Waals surface area contributed by atoms with E-state index in [1.165, 1.54) is 16.7 Å². The van der Waals surface area contributed by atoms with E-state index >= 15 is 0 Å². The molecule has 10 nitrogen and oxygen atoms in total. The van der Waals surface area contributed by atoms with Gasteiger partial charge in [-0.1, -0.05) is 24.3 Å². The molecule has 256 valence electrons. The van der Waals surface area contributed by atoms with E-state index in [0.29, 0.717) is 42.2 Å². The van der Waals surface area contributed by atoms with Gasteiger partial charge < -0.3 is 24.6 Å². The van der Waals surface area contributed by atoms with E-state index in [9.17, 15) is 14.7 Å². The van der Waals surface area contributed by atoms with Crippen LogP contribution < -0.4 is 10.2 Å². The van der Waals surface area contributed by atoms with Gasteiger partial charge in [0.15, 0.2) is 6.23 Å². The summed E-state index contributed by atoms with van der Waals surface area (Å²) in [5.41, 5.74) is 10.4. The first kappa shape index (κ1) is 32.0. The molecule has 2 atom stereocenters. The van der Waals surface area contributed by atoms with Crippen LogP contribution in [-0.4, -0.2) is 55.4 Å². The summed E-state index contributed by atoms with van der Waals surface area (Å²) in [5, 5.41) is 18.2. The molecule has 5 heterocycles. The highest BCUT2D eigenvalue weighted by Gasteiger charge is 2.33. The number of aromatic hydroxyl groups is 1. The molecule has 50 heavy (non-hydrogen) atoms. The molecule has 8 rings (SSSR count). The fourth-order valence-corrected chi connectivity index (χ4v) is 7.63. The zero-order chi connectivity index (χ0) is 34.7. The van der Waals surface area contributed by atoms with Crippen LogP contribution in [0.2, 0.25) is 0 Å². The topological polar surface area (TPSA) is 105 Å². The second-order valence-electron chi connectivity index (χ2n) is 13.8. The number of benzene rings is 3. The Labute approximate surface area is 291 Å². The third kappa shape index (κ3) is 5.39. The summed E-state index contributed by atoms with van der Waals surface area (Å²) >= 11 is 0. The number of hydrogen-bond acceptors (Lipinski definition) is 6. The standard InChI is InChI=1S/C40H42N6O4/c1-24-17-27-7-5-6-8-29(27)23-44(24)39(48)35-19-30-21-41-15-13-28(30)18-34(35)36-20-33(25(2)43(36)4)40(49)45(31-9-11-32(47)12-10-31)37-22-42-46(26(37)3)38-14-16-50-38/h5-12,18-20,22,24,38,41,47H,13-17,21,23H2,1-4H3/t24-,38?/m1/s1. The van der Waals surface area contributed by atoms with Crippen LogP contribution in [0.4, 0.5) is 11.4 Å². The maximum Gasteiger partial charge on any atom is 0.264 e. The van der Waals surface area contributed by atoms with E-state index in [2.05, 4.69) is 47.7 Å². The van der Waals surface area contributed by atoms with Gasteiger partial charge in [0.1, 0.15) is 5.75 Å². The molecular weight excluding hydrogens is 628 g/mol. The Balaban J connectivity index is 1.22. The Morgan fingerprint density at radius 2 is 1.72 bits per heavy atom. The van der Waals surface area contributed by atoms with Crippen LogP contribution in [0.3, 0.4) is 0 Å². The van der Waals surface area contributed by atoms with E-state index in [0.717, 1.165) is 54.0 Å². The summed E-state index contributed by atoms with van der Waals surface area (Å²) in [6.45, 7) is 8.82. The lowest BCUT2D eigenvalue weighted by Crippen LogP contribution is -2.43. The van der Waals surface area contributed by atoms with Gasteiger partial charge in [-0.2, -0.15) is 5.10 Å². The molecule has 3 aliphatic heterocycles. The Kier molecular flexibility index (Phi) is 8.08. The van der Waals surface area contributed by atoms with Gasteiger partial charge in [-0.25, -0.2) is 4.68 Å². The average Bonchev–Trinajstić information content (AvgIpc) is 3.61. The molecule has 0 aliphatic carbocycles. The molecule has 3 aliphatic rings. The van der Waals surface area contributed by atoms with Gasteiger partial charge in [0.2, 0.25) is 0 Å². The lowest BCUT2D eigenvalue weighted by atomic mass is 9.90. The fraction of sp³-hybridized carbons (Fsp3) is 0.325. The third-order valence-electron chi connectivity index (χ3n) is 10.8. The number of carbonyl (C=O) groups is 2. The Morgan fingerprint density at radius 3 is 2.46 bits per heavy atom. The summed E-state index contributed by atoms with van der Waals surface area (Å²) in [6, 6.07) is 21.2. The van der Waals surface area contributed by atoms with E-state index in [4.69, 9.17) is 4.74 Å². The number of anilines is 2. The van der Waals surface area contributed by atoms with Crippen molar-refractivity contribution < 1.29 is 19.4 Å². The first-order valence-electron chi connectivity index (χ1n) is 17.4. The van der Waals surface area contributed by atoms with Crippen LogP contribution >= 0.6 is 0 Å². The Morgan fingerprint density at radius 1 is 0.960 bits per heavy atom. The SMILES string of the molecule is Cc1c(N(C(=O)c2cc(-c3cc4c(cc3C(=O)N3Cc5ccccc5C[C@H]3C)CNCC4)n(C)c2C)c2ccc(O)cc2)cnn1C1CCO1. The Bertz CT molecular complexity index is 2130. The number of nitrogens with zero attached hydrogens (tertiary/aromatic N) is 5. The summed E-state index contributed by atoms with van der Waals surface area (Å²) in [7, 11) is 1.96. The second kappa shape index (κ2) is 12.6. The van der Waals surface area contributed by atoms with Crippen LogP contribution in [0.1, 0.15) is 73.9 Å². The van der Waals surface area contributed by atoms with Gasteiger partial charge in [0.25, 0.3) is 11.8 Å². The highest BCUT2D eigenvalue weighted by Crippen LogP contribution is 2.38. The largest absolute Gasteiger partial charge is 0.508 e. The van der Waals surface area contributed by atoms with Crippen molar-refractivity contribution in [1.82, 2.24) is 24.6 Å². The van der Waals surface area contributed by atoms with Gasteiger partial charge in [0.05, 0.1) is 29.7 Å². The average molecular weight is 671 g/mol. The predicted octanol–water partition coefficient (Wildman–Crippen LogP) is 6.34. The van der Waals surface area contributed by atoms with Crippen LogP contribution in [0.5, 0.6) is 5.75 Å². The number of nitrogens with one attached hydrogen (secondary N) is 1. The quantitative estimate of drug-likeness (QED) is 0.219. The molecule has 1 fully saturated rings. The van der Waals surface area contributed by atoms with Crippen molar-refractivity contribution >= 4 is 23.2 Å². The van der Waals surface area contributed by atoms with Crippen LogP contribution in [-0.2, 0) is 37.7 Å². The summed E-state index contributed by atoms with van der Waals surface area (Å²) < 4.78 is 9.55. The van der Waals surface area contributed by atoms with Crippen LogP contribution in [0, 0.1) is 13.8 Å². The van der Waals surface area contributed by atoms with Crippen molar-refractivity contribution in [3.05, 3.63) is 118 Å². The van der Waals surface area contributed by atoms with Crippen molar-refractivity contribution in [1.29, 1.82) is 0 Å². The van der Waals surface area contributed by atoms with E-state index < -0.39 is 0 Å². The molecule has 2 aromatic heterocycles. The highest BCUT2D eigenvalue weighted by atomic mass is 16.5. The number of ether oxygens (including phenoxy) is 1. The van der Waals surface area contributed by atoms with Crippen molar-refractivity contribution in [2.45, 2.75) is 65.4 Å². The molecule has 2 amide bonds. The molecule has 3 aromatic carbocycles. The lowest BCUT2D eigenvalue weighted by Gasteiger charge is -2.35. The second-order valence-corrected chi connectivity index (χ2v) is 13.8. The highest BCUT2D eigenvalue weighted by molar-refractivity contribution is 6.13. The molecule has 1 saturated heterocycles. The normalized spacial score (nSPS) is 18.3. The fourth-order valence-electron chi connectivity index (χ4n) is 7.63. The number of hydrogen-bond donors (Lipinski definition) is 2. The monoisotopic (exact) mass is 670 g/mol. The number of carbonyl (C=O) groups excluding carboxylic acids is 2. The van der Waals surface area contributed by atoms with Gasteiger partial charge in [-0.3, -0.25) is 14.5 Å². The lowest BCUT2D eigenvalue weighted by molar-refractivity contribution is -0.107. The third-order valence-corrected chi connectivity index (χ3v) is 10.8. The maximum absolute atomic E-state index is 14.8. The molecule has 1 unspecified atom stereocenters. The van der Waals surface area contributed by atoms with Crippen molar-refractivity contribution in [2.24, 2.45) is 7.05 Å². The van der Waals surface area contributed by atoms with E-state index in [-0.39, 0.29) is 29.8 Å². The number of phenolic OH excluding ortho intramolecular Hbond substituents is 1. The molecular formula is C40H42N6O4. The molecule has 0 spiro atoms. The minimum atomic E-state index is -0.233. The first-order chi connectivity index (χ1) is 24.2. The molecule has 10 heteroatoms. The van der Waals surface area contributed by atoms with Gasteiger partial charge >= 0.3 is 0 Å². The van der Waals surface area contributed by atoms with Crippen LogP contribution in [0.15, 0.2) is 72.9 Å². The summed E-state index contributed by atoms with van der Waals surface area (Å²) in [6.07, 6.45) is 4.07. The van der Waals surface area contributed by atoms with Gasteiger partial charge in [-0.05, 0) is 105 Å². The number of phenols is 1. The molecule has 2 N–H and O–H groups in total. The predicted molar refractivity (Wildman–Crippen MR) is 192 cm³/mol. The van der Waals surface area contributed by atoms with Crippen molar-refractivity contribution in [3.63, 3.8) is 0 Å². The van der Waals surface area contributed by atoms with E-state index in [1.54, 1.807) is 35.4 Å². The zero-order valence-corrected chi connectivity index (χ0v) is 28.9. The smallest absolute Gasteiger partial charge is 0.264 e. The maximum atomic E-state index is 14.8. The molecule has 0 radical (unpaired) electrons. The number of rotatable bonds is 6. The minimum absolute atomic E-state index is 0.00548. The summed E-state index contributed by atoms with van der Waals surface area (Å²) in [5.74, 6) is -0.126. The number of amides is 2. The molecule has 0 bridgehead atoms. The van der Waals surface area contributed by atoms with Gasteiger partial charge in [0, 0.05) is 60.8 Å². The minimum Gasteiger partial charge on any atom is -0.508 e. The molecule has 5 aromatic rings. The van der Waals surface area contributed by atoms with E-state index in [1.807, 2.05) is 47.2 Å². The van der Waals surface area contributed by atoms with Crippen molar-refractivity contribution in [2.75, 3.05) is 18.1 Å². The van der Waals surface area contributed by atoms with Gasteiger partial charge in [-0.15, -0.1) is 0 Å². The zero-order valence-electron chi connectivity index (χ0n) is 28.9. The molecule has 0 saturated carbocycles. The number of aromatic nitrogens is 3. The number of fused-ring (bicyclic) bond motifs is 2. The summed E-state index contributed by atoms with van der Waals surface area (Å²) in [4.78, 5) is 33.1. The first-order valence-corrected chi connectivity index (χ1v) is 17.4.